The van der Waals surface area contributed by atoms with Gasteiger partial charge in [-0.2, -0.15) is 4.98 Å². The molecule has 0 saturated heterocycles. The maximum atomic E-state index is 12.2. The molecule has 0 radical (unpaired) electrons. The lowest BCUT2D eigenvalue weighted by atomic mass is 10.2. The summed E-state index contributed by atoms with van der Waals surface area (Å²) in [5.74, 6) is 0.796. The summed E-state index contributed by atoms with van der Waals surface area (Å²) < 4.78 is 7.10. The molecule has 4 rings (SSSR count). The highest BCUT2D eigenvalue weighted by Gasteiger charge is 2.11. The molecule has 0 unspecified atom stereocenters. The van der Waals surface area contributed by atoms with Crippen LogP contribution in [0.1, 0.15) is 12.3 Å². The second-order valence-electron chi connectivity index (χ2n) is 5.81. The second-order valence-corrected chi connectivity index (χ2v) is 5.81. The summed E-state index contributed by atoms with van der Waals surface area (Å²) in [6.07, 6.45) is 9.25. The number of anilines is 1. The molecule has 0 aliphatic rings. The van der Waals surface area contributed by atoms with Gasteiger partial charge in [0.15, 0.2) is 0 Å². The van der Waals surface area contributed by atoms with Crippen LogP contribution in [0, 0.1) is 0 Å². The van der Waals surface area contributed by atoms with Gasteiger partial charge in [-0.15, -0.1) is 0 Å². The van der Waals surface area contributed by atoms with E-state index in [-0.39, 0.29) is 12.3 Å². The van der Waals surface area contributed by atoms with E-state index in [9.17, 15) is 4.79 Å². The van der Waals surface area contributed by atoms with Gasteiger partial charge in [0.2, 0.25) is 17.6 Å². The molecule has 134 valence electrons. The fraction of sp³-hybridized carbons (Fsp3) is 0.105. The average molecular weight is 360 g/mol. The van der Waals surface area contributed by atoms with Crippen molar-refractivity contribution in [2.24, 2.45) is 0 Å². The molecular formula is C19H16N6O2. The Balaban J connectivity index is 1.32. The predicted octanol–water partition coefficient (Wildman–Crippen LogP) is 2.89. The lowest BCUT2D eigenvalue weighted by Gasteiger charge is -2.06. The normalized spacial score (nSPS) is 10.7. The van der Waals surface area contributed by atoms with Crippen molar-refractivity contribution in [1.29, 1.82) is 0 Å². The third kappa shape index (κ3) is 4.06. The summed E-state index contributed by atoms with van der Waals surface area (Å²) in [5, 5.41) is 6.79. The van der Waals surface area contributed by atoms with Crippen LogP contribution in [0.25, 0.3) is 17.1 Å². The fourth-order valence-corrected chi connectivity index (χ4v) is 2.55. The van der Waals surface area contributed by atoms with Gasteiger partial charge in [0.05, 0.1) is 6.33 Å². The molecule has 27 heavy (non-hydrogen) atoms. The summed E-state index contributed by atoms with van der Waals surface area (Å²) in [4.78, 5) is 24.4. The number of imidazole rings is 1. The first kappa shape index (κ1) is 16.6. The van der Waals surface area contributed by atoms with Gasteiger partial charge in [-0.25, -0.2) is 4.98 Å². The van der Waals surface area contributed by atoms with Gasteiger partial charge in [0.1, 0.15) is 0 Å². The van der Waals surface area contributed by atoms with Crippen molar-refractivity contribution in [2.45, 2.75) is 12.8 Å². The summed E-state index contributed by atoms with van der Waals surface area (Å²) in [7, 11) is 0. The van der Waals surface area contributed by atoms with Gasteiger partial charge in [-0.3, -0.25) is 9.78 Å². The number of carbonyl (C=O) groups excluding carboxylic acids is 1. The topological polar surface area (TPSA) is 98.7 Å². The van der Waals surface area contributed by atoms with E-state index in [1.165, 1.54) is 0 Å². The Morgan fingerprint density at radius 2 is 1.85 bits per heavy atom. The van der Waals surface area contributed by atoms with Gasteiger partial charge < -0.3 is 14.4 Å². The molecule has 0 bridgehead atoms. The van der Waals surface area contributed by atoms with Crippen LogP contribution < -0.4 is 5.32 Å². The molecule has 3 heterocycles. The number of aromatic nitrogens is 5. The molecule has 0 saturated carbocycles. The van der Waals surface area contributed by atoms with Gasteiger partial charge >= 0.3 is 0 Å². The molecule has 4 aromatic rings. The van der Waals surface area contributed by atoms with Crippen LogP contribution >= 0.6 is 0 Å². The molecule has 8 nitrogen and oxygen atoms in total. The van der Waals surface area contributed by atoms with Crippen molar-refractivity contribution >= 4 is 11.6 Å². The number of pyridine rings is 1. The molecule has 0 aliphatic carbocycles. The number of hydrogen-bond donors (Lipinski definition) is 1. The summed E-state index contributed by atoms with van der Waals surface area (Å²) in [5.41, 5.74) is 2.52. The fourth-order valence-electron chi connectivity index (χ4n) is 2.55. The van der Waals surface area contributed by atoms with Crippen molar-refractivity contribution in [3.8, 4) is 17.1 Å². The van der Waals surface area contributed by atoms with E-state index in [1.807, 2.05) is 35.0 Å². The van der Waals surface area contributed by atoms with Gasteiger partial charge in [-0.05, 0) is 36.4 Å². The van der Waals surface area contributed by atoms with Crippen LogP contribution in [0.2, 0.25) is 0 Å². The van der Waals surface area contributed by atoms with Crippen molar-refractivity contribution in [2.75, 3.05) is 5.32 Å². The Labute approximate surface area is 154 Å². The van der Waals surface area contributed by atoms with E-state index in [0.717, 1.165) is 16.9 Å². The zero-order valence-electron chi connectivity index (χ0n) is 14.3. The minimum Gasteiger partial charge on any atom is -0.339 e. The Morgan fingerprint density at radius 1 is 1.04 bits per heavy atom. The highest BCUT2D eigenvalue weighted by atomic mass is 16.5. The van der Waals surface area contributed by atoms with Crippen molar-refractivity contribution in [1.82, 2.24) is 24.7 Å². The third-order valence-electron chi connectivity index (χ3n) is 3.93. The van der Waals surface area contributed by atoms with Crippen LogP contribution in [-0.2, 0) is 11.2 Å². The highest BCUT2D eigenvalue weighted by Crippen LogP contribution is 2.16. The Bertz CT molecular complexity index is 1010. The smallest absolute Gasteiger partial charge is 0.227 e. The standard InChI is InChI=1S/C19H16N6O2/c26-17(22-15-1-3-16(4-2-15)25-12-11-21-13-25)5-6-18-23-19(24-27-18)14-7-9-20-10-8-14/h1-4,7-13H,5-6H2,(H,22,26). The Hall–Kier alpha value is -3.81. The van der Waals surface area contributed by atoms with Crippen LogP contribution in [0.3, 0.4) is 0 Å². The lowest BCUT2D eigenvalue weighted by molar-refractivity contribution is -0.116. The molecule has 8 heteroatoms. The summed E-state index contributed by atoms with van der Waals surface area (Å²) >= 11 is 0. The molecule has 1 N–H and O–H groups in total. The third-order valence-corrected chi connectivity index (χ3v) is 3.93. The number of aryl methyl sites for hydroxylation is 1. The van der Waals surface area contributed by atoms with Crippen LogP contribution in [0.4, 0.5) is 5.69 Å². The number of carbonyl (C=O) groups is 1. The van der Waals surface area contributed by atoms with E-state index in [2.05, 4.69) is 25.4 Å². The first-order valence-corrected chi connectivity index (χ1v) is 8.39. The Kier molecular flexibility index (Phi) is 4.69. The van der Waals surface area contributed by atoms with E-state index in [0.29, 0.717) is 18.1 Å². The number of rotatable bonds is 6. The lowest BCUT2D eigenvalue weighted by Crippen LogP contribution is -2.12. The average Bonchev–Trinajstić information content (AvgIpc) is 3.40. The van der Waals surface area contributed by atoms with Crippen molar-refractivity contribution in [3.63, 3.8) is 0 Å². The molecule has 0 aliphatic heterocycles. The maximum absolute atomic E-state index is 12.2. The summed E-state index contributed by atoms with van der Waals surface area (Å²) in [6.45, 7) is 0. The largest absolute Gasteiger partial charge is 0.339 e. The number of amides is 1. The number of hydrogen-bond acceptors (Lipinski definition) is 6. The van der Waals surface area contributed by atoms with Gasteiger partial charge in [0, 0.05) is 54.6 Å². The monoisotopic (exact) mass is 360 g/mol. The maximum Gasteiger partial charge on any atom is 0.227 e. The zero-order valence-corrected chi connectivity index (χ0v) is 14.3. The molecule has 1 amide bonds. The number of benzene rings is 1. The van der Waals surface area contributed by atoms with E-state index in [4.69, 9.17) is 4.52 Å². The van der Waals surface area contributed by atoms with Crippen LogP contribution in [0.15, 0.2) is 72.0 Å². The molecule has 0 spiro atoms. The quantitative estimate of drug-likeness (QED) is 0.568. The first-order valence-electron chi connectivity index (χ1n) is 8.39. The van der Waals surface area contributed by atoms with E-state index in [1.54, 1.807) is 37.1 Å². The summed E-state index contributed by atoms with van der Waals surface area (Å²) in [6, 6.07) is 11.1. The van der Waals surface area contributed by atoms with Crippen LogP contribution in [0.5, 0.6) is 0 Å². The van der Waals surface area contributed by atoms with Crippen LogP contribution in [-0.4, -0.2) is 30.6 Å². The molecule has 1 aromatic carbocycles. The SMILES string of the molecule is O=C(CCc1nc(-c2ccncc2)no1)Nc1ccc(-n2ccnc2)cc1. The highest BCUT2D eigenvalue weighted by molar-refractivity contribution is 5.90. The minimum atomic E-state index is -0.117. The number of nitrogens with zero attached hydrogens (tertiary/aromatic N) is 5. The molecule has 0 atom stereocenters. The van der Waals surface area contributed by atoms with E-state index < -0.39 is 0 Å². The van der Waals surface area contributed by atoms with Gasteiger partial charge in [0.25, 0.3) is 0 Å². The predicted molar refractivity (Wildman–Crippen MR) is 98.0 cm³/mol. The van der Waals surface area contributed by atoms with Gasteiger partial charge in [-0.1, -0.05) is 5.16 Å². The van der Waals surface area contributed by atoms with Crippen molar-refractivity contribution in [3.05, 3.63) is 73.4 Å². The molecular weight excluding hydrogens is 344 g/mol. The molecule has 3 aromatic heterocycles. The Morgan fingerprint density at radius 3 is 2.59 bits per heavy atom. The first-order chi connectivity index (χ1) is 13.3. The number of nitrogens with one attached hydrogen (secondary N) is 1. The van der Waals surface area contributed by atoms with E-state index >= 15 is 0 Å². The van der Waals surface area contributed by atoms with Crippen molar-refractivity contribution < 1.29 is 9.32 Å². The second kappa shape index (κ2) is 7.61. The minimum absolute atomic E-state index is 0.117. The zero-order chi connectivity index (χ0) is 18.5. The molecule has 0 fully saturated rings.